The highest BCUT2D eigenvalue weighted by molar-refractivity contribution is 5.96. The lowest BCUT2D eigenvalue weighted by molar-refractivity contribution is -0.143. The molecule has 1 saturated heterocycles. The maximum atomic E-state index is 13.0. The first-order chi connectivity index (χ1) is 11.7. The van der Waals surface area contributed by atoms with E-state index in [9.17, 15) is 4.79 Å². The van der Waals surface area contributed by atoms with Gasteiger partial charge in [0.15, 0.2) is 5.72 Å². The van der Waals surface area contributed by atoms with Gasteiger partial charge >= 0.3 is 6.03 Å². The van der Waals surface area contributed by atoms with Gasteiger partial charge in [0.1, 0.15) is 5.75 Å². The van der Waals surface area contributed by atoms with Crippen molar-refractivity contribution in [3.63, 3.8) is 0 Å². The van der Waals surface area contributed by atoms with Crippen molar-refractivity contribution in [3.8, 4) is 5.75 Å². The maximum absolute atomic E-state index is 13.0. The molecule has 1 unspecified atom stereocenters. The zero-order valence-corrected chi connectivity index (χ0v) is 13.9. The predicted molar refractivity (Wildman–Crippen MR) is 91.3 cm³/mol. The Kier molecular flexibility index (Phi) is 3.46. The van der Waals surface area contributed by atoms with Crippen molar-refractivity contribution < 1.29 is 14.3 Å². The Hall–Kier alpha value is -2.53. The Morgan fingerprint density at radius 3 is 2.71 bits per heavy atom. The molecule has 2 aromatic rings. The molecule has 4 rings (SSSR count). The van der Waals surface area contributed by atoms with Gasteiger partial charge in [-0.2, -0.15) is 0 Å². The van der Waals surface area contributed by atoms with Crippen LogP contribution in [0.15, 0.2) is 48.5 Å². The zero-order valence-electron chi connectivity index (χ0n) is 13.9. The third-order valence-electron chi connectivity index (χ3n) is 4.83. The fourth-order valence-corrected chi connectivity index (χ4v) is 3.68. The standard InChI is InChI=1S/C19H20N2O3/c1-20-17-10-9-15(23-2)13-16(17)19(14-7-4-3-5-8-14)21(18(20)22)11-6-12-24-19/h3-5,7-10,13H,6,11-12H2,1-2H3. The number of methoxy groups -OCH3 is 1. The summed E-state index contributed by atoms with van der Waals surface area (Å²) >= 11 is 0. The Morgan fingerprint density at radius 1 is 1.17 bits per heavy atom. The van der Waals surface area contributed by atoms with Crippen LogP contribution in [0, 0.1) is 0 Å². The third kappa shape index (κ3) is 1.94. The quantitative estimate of drug-likeness (QED) is 0.852. The number of urea groups is 1. The molecule has 1 atom stereocenters. The van der Waals surface area contributed by atoms with Crippen molar-refractivity contribution in [3.05, 3.63) is 59.7 Å². The van der Waals surface area contributed by atoms with E-state index in [0.29, 0.717) is 13.2 Å². The van der Waals surface area contributed by atoms with E-state index in [4.69, 9.17) is 9.47 Å². The van der Waals surface area contributed by atoms with Crippen LogP contribution < -0.4 is 9.64 Å². The van der Waals surface area contributed by atoms with E-state index in [1.54, 1.807) is 19.1 Å². The summed E-state index contributed by atoms with van der Waals surface area (Å²) in [5.74, 6) is 0.751. The second-order valence-electron chi connectivity index (χ2n) is 6.09. The van der Waals surface area contributed by atoms with E-state index in [1.807, 2.05) is 53.4 Å². The van der Waals surface area contributed by atoms with Crippen molar-refractivity contribution in [2.45, 2.75) is 12.1 Å². The summed E-state index contributed by atoms with van der Waals surface area (Å²) in [6.45, 7) is 1.27. The van der Waals surface area contributed by atoms with Crippen LogP contribution in [0.1, 0.15) is 17.5 Å². The van der Waals surface area contributed by atoms with E-state index in [2.05, 4.69) is 0 Å². The van der Waals surface area contributed by atoms with Crippen molar-refractivity contribution in [2.24, 2.45) is 0 Å². The fraction of sp³-hybridized carbons (Fsp3) is 0.316. The van der Waals surface area contributed by atoms with E-state index >= 15 is 0 Å². The van der Waals surface area contributed by atoms with Crippen molar-refractivity contribution in [2.75, 3.05) is 32.2 Å². The van der Waals surface area contributed by atoms with Gasteiger partial charge in [0.25, 0.3) is 0 Å². The molecular formula is C19H20N2O3. The summed E-state index contributed by atoms with van der Waals surface area (Å²) in [4.78, 5) is 16.5. The van der Waals surface area contributed by atoms with Crippen LogP contribution in [-0.2, 0) is 10.5 Å². The number of ether oxygens (including phenoxy) is 2. The van der Waals surface area contributed by atoms with Crippen LogP contribution in [0.5, 0.6) is 5.75 Å². The zero-order chi connectivity index (χ0) is 16.7. The summed E-state index contributed by atoms with van der Waals surface area (Å²) in [6, 6.07) is 15.7. The second-order valence-corrected chi connectivity index (χ2v) is 6.09. The van der Waals surface area contributed by atoms with Crippen molar-refractivity contribution >= 4 is 11.7 Å². The molecule has 2 aliphatic rings. The van der Waals surface area contributed by atoms with Gasteiger partial charge in [-0.1, -0.05) is 30.3 Å². The molecule has 0 bridgehead atoms. The number of benzene rings is 2. The van der Waals surface area contributed by atoms with Gasteiger partial charge in [-0.05, 0) is 24.6 Å². The molecule has 0 radical (unpaired) electrons. The average Bonchev–Trinajstić information content (AvgIpc) is 2.66. The Labute approximate surface area is 141 Å². The molecule has 2 amide bonds. The van der Waals surface area contributed by atoms with Gasteiger partial charge in [-0.15, -0.1) is 0 Å². The number of carbonyl (C=O) groups is 1. The highest BCUT2D eigenvalue weighted by Gasteiger charge is 2.52. The summed E-state index contributed by atoms with van der Waals surface area (Å²) in [5.41, 5.74) is 1.85. The van der Waals surface area contributed by atoms with Crippen LogP contribution in [0.25, 0.3) is 0 Å². The molecular weight excluding hydrogens is 304 g/mol. The summed E-state index contributed by atoms with van der Waals surface area (Å²) in [7, 11) is 3.45. The molecule has 24 heavy (non-hydrogen) atoms. The number of anilines is 1. The summed E-state index contributed by atoms with van der Waals surface area (Å²) in [6.07, 6.45) is 0.827. The highest BCUT2D eigenvalue weighted by atomic mass is 16.5. The largest absolute Gasteiger partial charge is 0.497 e. The summed E-state index contributed by atoms with van der Waals surface area (Å²) in [5, 5.41) is 0. The molecule has 0 spiro atoms. The first-order valence-electron chi connectivity index (χ1n) is 8.12. The molecule has 5 nitrogen and oxygen atoms in total. The normalized spacial score (nSPS) is 22.8. The molecule has 1 fully saturated rings. The van der Waals surface area contributed by atoms with Crippen LogP contribution in [0.3, 0.4) is 0 Å². The Bertz CT molecular complexity index is 777. The number of hydrogen-bond donors (Lipinski definition) is 0. The number of fused-ring (bicyclic) bond motifs is 3. The maximum Gasteiger partial charge on any atom is 0.327 e. The first-order valence-corrected chi connectivity index (χ1v) is 8.12. The number of nitrogens with zero attached hydrogens (tertiary/aromatic N) is 2. The minimum atomic E-state index is -0.896. The molecule has 2 aromatic carbocycles. The van der Waals surface area contributed by atoms with Crippen LogP contribution in [-0.4, -0.2) is 38.2 Å². The van der Waals surface area contributed by atoms with Gasteiger partial charge < -0.3 is 9.47 Å². The monoisotopic (exact) mass is 324 g/mol. The molecule has 5 heteroatoms. The van der Waals surface area contributed by atoms with E-state index in [1.165, 1.54) is 0 Å². The smallest absolute Gasteiger partial charge is 0.327 e. The van der Waals surface area contributed by atoms with Crippen LogP contribution >= 0.6 is 0 Å². The lowest BCUT2D eigenvalue weighted by Crippen LogP contribution is -2.62. The minimum Gasteiger partial charge on any atom is -0.497 e. The molecule has 2 aliphatic heterocycles. The van der Waals surface area contributed by atoms with Crippen LogP contribution in [0.4, 0.5) is 10.5 Å². The second kappa shape index (κ2) is 5.53. The number of amides is 2. The first kappa shape index (κ1) is 15.0. The molecule has 0 N–H and O–H groups in total. The Morgan fingerprint density at radius 2 is 1.96 bits per heavy atom. The van der Waals surface area contributed by atoms with E-state index in [-0.39, 0.29) is 6.03 Å². The van der Waals surface area contributed by atoms with Gasteiger partial charge in [-0.3, -0.25) is 9.80 Å². The Balaban J connectivity index is 2.03. The molecule has 124 valence electrons. The predicted octanol–water partition coefficient (Wildman–Crippen LogP) is 3.19. The molecule has 0 aliphatic carbocycles. The topological polar surface area (TPSA) is 42.0 Å². The van der Waals surface area contributed by atoms with E-state index < -0.39 is 5.72 Å². The number of hydrogen-bond acceptors (Lipinski definition) is 3. The minimum absolute atomic E-state index is 0.0452. The molecule has 2 heterocycles. The van der Waals surface area contributed by atoms with Crippen LogP contribution in [0.2, 0.25) is 0 Å². The summed E-state index contributed by atoms with van der Waals surface area (Å²) < 4.78 is 11.7. The average molecular weight is 324 g/mol. The molecule has 0 aromatic heterocycles. The lowest BCUT2D eigenvalue weighted by atomic mass is 9.87. The SMILES string of the molecule is COc1ccc2c(c1)C1(c3ccccc3)OCCCN1C(=O)N2C. The van der Waals surface area contributed by atoms with E-state index in [0.717, 1.165) is 29.0 Å². The van der Waals surface area contributed by atoms with Gasteiger partial charge in [0.05, 0.1) is 19.4 Å². The number of carbonyl (C=O) groups excluding carboxylic acids is 1. The van der Waals surface area contributed by atoms with Gasteiger partial charge in [0, 0.05) is 24.7 Å². The fourth-order valence-electron chi connectivity index (χ4n) is 3.68. The van der Waals surface area contributed by atoms with Gasteiger partial charge in [-0.25, -0.2) is 4.79 Å². The molecule has 0 saturated carbocycles. The lowest BCUT2D eigenvalue weighted by Gasteiger charge is -2.52. The highest BCUT2D eigenvalue weighted by Crippen LogP contribution is 2.48. The van der Waals surface area contributed by atoms with Crippen molar-refractivity contribution in [1.82, 2.24) is 4.90 Å². The number of rotatable bonds is 2. The van der Waals surface area contributed by atoms with Crippen molar-refractivity contribution in [1.29, 1.82) is 0 Å². The van der Waals surface area contributed by atoms with Gasteiger partial charge in [0.2, 0.25) is 0 Å². The third-order valence-corrected chi connectivity index (χ3v) is 4.83.